The molecule has 1 aromatic carbocycles. The van der Waals surface area contributed by atoms with Crippen molar-refractivity contribution < 1.29 is 22.0 Å². The second-order valence-corrected chi connectivity index (χ2v) is 7.71. The first-order valence-electron chi connectivity index (χ1n) is 7.50. The molecule has 2 rings (SSSR count). The molecule has 1 fully saturated rings. The van der Waals surface area contributed by atoms with Crippen LogP contribution in [0.5, 0.6) is 0 Å². The summed E-state index contributed by atoms with van der Waals surface area (Å²) in [6.07, 6.45) is 4.25. The zero-order valence-corrected chi connectivity index (χ0v) is 13.6. The number of carbonyl (C=O) groups is 1. The number of amides is 2. The maximum Gasteiger partial charge on any atom is 0.341 e. The fraction of sp³-hybridized carbons (Fsp3) is 0.533. The zero-order chi connectivity index (χ0) is 17.0. The second kappa shape index (κ2) is 7.25. The number of halogens is 2. The van der Waals surface area contributed by atoms with Gasteiger partial charge in [-0.15, -0.1) is 0 Å². The first-order valence-corrected chi connectivity index (χ1v) is 9.05. The Labute approximate surface area is 134 Å². The molecular weight excluding hydrogens is 326 g/mol. The Morgan fingerprint density at radius 3 is 2.35 bits per heavy atom. The molecular formula is C15H20F2N2O3S. The molecule has 2 atom stereocenters. The predicted octanol–water partition coefficient (Wildman–Crippen LogP) is 3.38. The van der Waals surface area contributed by atoms with Crippen LogP contribution in [0.2, 0.25) is 0 Å². The van der Waals surface area contributed by atoms with Crippen molar-refractivity contribution in [1.29, 1.82) is 0 Å². The number of alkyl halides is 2. The molecule has 0 unspecified atom stereocenters. The molecule has 1 aliphatic rings. The number of nitrogens with one attached hydrogen (secondary N) is 2. The smallest absolute Gasteiger partial charge is 0.335 e. The van der Waals surface area contributed by atoms with Gasteiger partial charge in [0.2, 0.25) is 9.84 Å². The summed E-state index contributed by atoms with van der Waals surface area (Å²) in [6, 6.07) is 4.43. The number of anilines is 1. The van der Waals surface area contributed by atoms with Gasteiger partial charge in [-0.2, -0.15) is 8.78 Å². The van der Waals surface area contributed by atoms with Crippen molar-refractivity contribution in [2.45, 2.75) is 49.3 Å². The Kier molecular flexibility index (Phi) is 5.56. The Morgan fingerprint density at radius 2 is 1.78 bits per heavy atom. The summed E-state index contributed by atoms with van der Waals surface area (Å²) < 4.78 is 47.5. The molecule has 1 saturated carbocycles. The first-order chi connectivity index (χ1) is 10.8. The number of sulfone groups is 1. The van der Waals surface area contributed by atoms with E-state index < -0.39 is 20.5 Å². The Hall–Kier alpha value is -1.70. The van der Waals surface area contributed by atoms with Gasteiger partial charge in [-0.1, -0.05) is 19.8 Å². The van der Waals surface area contributed by atoms with Crippen LogP contribution in [-0.2, 0) is 9.84 Å². The summed E-state index contributed by atoms with van der Waals surface area (Å²) in [4.78, 5) is 11.5. The number of benzene rings is 1. The Morgan fingerprint density at radius 1 is 1.17 bits per heavy atom. The number of urea groups is 1. The van der Waals surface area contributed by atoms with Gasteiger partial charge >= 0.3 is 11.8 Å². The fourth-order valence-corrected chi connectivity index (χ4v) is 3.42. The minimum atomic E-state index is -4.61. The summed E-state index contributed by atoms with van der Waals surface area (Å²) >= 11 is 0. The van der Waals surface area contributed by atoms with Crippen molar-refractivity contribution in [2.24, 2.45) is 5.92 Å². The maximum atomic E-state index is 12.4. The monoisotopic (exact) mass is 346 g/mol. The molecule has 5 nitrogen and oxygen atoms in total. The van der Waals surface area contributed by atoms with Crippen LogP contribution in [0.15, 0.2) is 29.2 Å². The third-order valence-electron chi connectivity index (χ3n) is 4.10. The average molecular weight is 346 g/mol. The van der Waals surface area contributed by atoms with Crippen LogP contribution in [0.3, 0.4) is 0 Å². The van der Waals surface area contributed by atoms with Crippen LogP contribution in [-0.4, -0.2) is 26.2 Å². The lowest BCUT2D eigenvalue weighted by atomic mass is 9.86. The van der Waals surface area contributed by atoms with E-state index in [4.69, 9.17) is 0 Å². The Balaban J connectivity index is 1.97. The summed E-state index contributed by atoms with van der Waals surface area (Å²) in [5, 5.41) is 5.48. The molecule has 0 radical (unpaired) electrons. The lowest BCUT2D eigenvalue weighted by molar-refractivity contribution is 0.232. The molecule has 2 N–H and O–H groups in total. The highest BCUT2D eigenvalue weighted by Crippen LogP contribution is 2.24. The maximum absolute atomic E-state index is 12.4. The lowest BCUT2D eigenvalue weighted by Crippen LogP contribution is -2.43. The minimum Gasteiger partial charge on any atom is -0.335 e. The number of hydrogen-bond acceptors (Lipinski definition) is 3. The van der Waals surface area contributed by atoms with Gasteiger partial charge in [0.05, 0.1) is 4.90 Å². The summed E-state index contributed by atoms with van der Waals surface area (Å²) in [7, 11) is -4.61. The van der Waals surface area contributed by atoms with Crippen molar-refractivity contribution in [2.75, 3.05) is 5.32 Å². The quantitative estimate of drug-likeness (QED) is 0.877. The predicted molar refractivity (Wildman–Crippen MR) is 83.2 cm³/mol. The normalized spacial score (nSPS) is 21.9. The van der Waals surface area contributed by atoms with Gasteiger partial charge in [0, 0.05) is 11.7 Å². The van der Waals surface area contributed by atoms with E-state index in [1.54, 1.807) is 0 Å². The third kappa shape index (κ3) is 4.40. The van der Waals surface area contributed by atoms with Crippen LogP contribution in [0.25, 0.3) is 0 Å². The number of carbonyl (C=O) groups excluding carboxylic acids is 1. The summed E-state index contributed by atoms with van der Waals surface area (Å²) in [5.41, 5.74) is 0.346. The average Bonchev–Trinajstić information content (AvgIpc) is 2.50. The fourth-order valence-electron chi connectivity index (χ4n) is 2.70. The molecule has 1 aromatic rings. The zero-order valence-electron chi connectivity index (χ0n) is 12.8. The minimum absolute atomic E-state index is 0.113. The molecule has 0 saturated heterocycles. The van der Waals surface area contributed by atoms with Crippen LogP contribution < -0.4 is 10.6 Å². The summed E-state index contributed by atoms with van der Waals surface area (Å²) in [5.74, 6) is -3.05. The van der Waals surface area contributed by atoms with Crippen molar-refractivity contribution in [1.82, 2.24) is 5.32 Å². The van der Waals surface area contributed by atoms with Gasteiger partial charge in [0.1, 0.15) is 0 Å². The van der Waals surface area contributed by atoms with Gasteiger partial charge < -0.3 is 10.6 Å². The topological polar surface area (TPSA) is 75.3 Å². The van der Waals surface area contributed by atoms with Gasteiger partial charge in [-0.3, -0.25) is 0 Å². The molecule has 23 heavy (non-hydrogen) atoms. The molecule has 0 aromatic heterocycles. The first kappa shape index (κ1) is 17.7. The number of rotatable bonds is 4. The highest BCUT2D eigenvalue weighted by molar-refractivity contribution is 7.91. The molecule has 0 bridgehead atoms. The van der Waals surface area contributed by atoms with Gasteiger partial charge in [0.15, 0.2) is 0 Å². The standard InChI is InChI=1S/C15H20F2N2O3S/c1-10-4-2-3-5-13(10)19-15(20)18-11-6-8-12(9-7-11)23(21,22)14(16)17/h6-10,13-14H,2-5H2,1H3,(H2,18,19,20)/t10-,13-/m0/s1. The van der Waals surface area contributed by atoms with Crippen molar-refractivity contribution in [3.8, 4) is 0 Å². The van der Waals surface area contributed by atoms with E-state index in [1.807, 2.05) is 0 Å². The molecule has 0 heterocycles. The highest BCUT2D eigenvalue weighted by Gasteiger charge is 2.26. The van der Waals surface area contributed by atoms with Crippen molar-refractivity contribution >= 4 is 21.6 Å². The van der Waals surface area contributed by atoms with Gasteiger partial charge in [-0.05, 0) is 43.0 Å². The largest absolute Gasteiger partial charge is 0.341 e. The van der Waals surface area contributed by atoms with Crippen molar-refractivity contribution in [3.05, 3.63) is 24.3 Å². The second-order valence-electron chi connectivity index (χ2n) is 5.80. The molecule has 0 aliphatic heterocycles. The summed E-state index contributed by atoms with van der Waals surface area (Å²) in [6.45, 7) is 2.09. The molecule has 8 heteroatoms. The van der Waals surface area contributed by atoms with E-state index in [0.29, 0.717) is 11.6 Å². The molecule has 0 spiro atoms. The molecule has 1 aliphatic carbocycles. The highest BCUT2D eigenvalue weighted by atomic mass is 32.2. The Bertz CT molecular complexity index is 647. The van der Waals surface area contributed by atoms with Gasteiger partial charge in [0.25, 0.3) is 0 Å². The SMILES string of the molecule is C[C@H]1CCCC[C@@H]1NC(=O)Nc1ccc(S(=O)(=O)C(F)F)cc1. The van der Waals surface area contributed by atoms with E-state index in [1.165, 1.54) is 18.6 Å². The van der Waals surface area contributed by atoms with E-state index >= 15 is 0 Å². The van der Waals surface area contributed by atoms with E-state index in [0.717, 1.165) is 31.4 Å². The van der Waals surface area contributed by atoms with Crippen LogP contribution >= 0.6 is 0 Å². The third-order valence-corrected chi connectivity index (χ3v) is 5.50. The molecule has 2 amide bonds. The van der Waals surface area contributed by atoms with Crippen LogP contribution in [0, 0.1) is 5.92 Å². The van der Waals surface area contributed by atoms with Crippen LogP contribution in [0.1, 0.15) is 32.6 Å². The van der Waals surface area contributed by atoms with E-state index in [9.17, 15) is 22.0 Å². The van der Waals surface area contributed by atoms with Crippen molar-refractivity contribution in [3.63, 3.8) is 0 Å². The van der Waals surface area contributed by atoms with Gasteiger partial charge in [-0.25, -0.2) is 13.2 Å². The number of hydrogen-bond donors (Lipinski definition) is 2. The van der Waals surface area contributed by atoms with Crippen LogP contribution in [0.4, 0.5) is 19.3 Å². The van der Waals surface area contributed by atoms with E-state index in [-0.39, 0.29) is 12.1 Å². The van der Waals surface area contributed by atoms with E-state index in [2.05, 4.69) is 17.6 Å². The lowest BCUT2D eigenvalue weighted by Gasteiger charge is -2.29. The molecule has 128 valence electrons.